The molecular weight excluding hydrogens is 246 g/mol. The Labute approximate surface area is 105 Å². The number of halogens is 2. The first-order chi connectivity index (χ1) is 8.23. The van der Waals surface area contributed by atoms with Crippen LogP contribution in [0.15, 0.2) is 11.6 Å². The maximum Gasteiger partial charge on any atom is 0.345 e. The van der Waals surface area contributed by atoms with Crippen LogP contribution in [0.1, 0.15) is 27.7 Å². The molecule has 0 saturated heterocycles. The van der Waals surface area contributed by atoms with Crippen LogP contribution in [0, 0.1) is 5.92 Å². The van der Waals surface area contributed by atoms with E-state index < -0.39 is 29.4 Å². The molecule has 0 radical (unpaired) electrons. The van der Waals surface area contributed by atoms with Crippen molar-refractivity contribution in [2.45, 2.75) is 33.6 Å². The molecule has 18 heavy (non-hydrogen) atoms. The zero-order chi connectivity index (χ0) is 14.3. The zero-order valence-corrected chi connectivity index (χ0v) is 11.0. The number of esters is 2. The Kier molecular flexibility index (Phi) is 6.51. The summed E-state index contributed by atoms with van der Waals surface area (Å²) in [7, 11) is 0. The van der Waals surface area contributed by atoms with Crippen LogP contribution in [-0.4, -0.2) is 31.1 Å². The first-order valence-corrected chi connectivity index (χ1v) is 5.67. The summed E-state index contributed by atoms with van der Waals surface area (Å²) in [6, 6.07) is 0. The van der Waals surface area contributed by atoms with Crippen molar-refractivity contribution < 1.29 is 27.8 Å². The predicted molar refractivity (Wildman–Crippen MR) is 61.1 cm³/mol. The third-order valence-corrected chi connectivity index (χ3v) is 2.21. The number of hydrogen-bond acceptors (Lipinski definition) is 4. The molecule has 0 saturated carbocycles. The van der Waals surface area contributed by atoms with Gasteiger partial charge in [0.15, 0.2) is 0 Å². The average molecular weight is 264 g/mol. The molecule has 0 aromatic heterocycles. The highest BCUT2D eigenvalue weighted by atomic mass is 19.3. The van der Waals surface area contributed by atoms with E-state index >= 15 is 0 Å². The molecule has 0 amide bonds. The molecule has 6 heteroatoms. The number of allylic oxidation sites excluding steroid dienone is 1. The van der Waals surface area contributed by atoms with E-state index in [9.17, 15) is 18.4 Å². The molecular formula is C12H18F2O4. The molecule has 0 aliphatic heterocycles. The molecule has 1 atom stereocenters. The van der Waals surface area contributed by atoms with Crippen molar-refractivity contribution in [3.8, 4) is 0 Å². The fraction of sp³-hybridized carbons (Fsp3) is 0.667. The van der Waals surface area contributed by atoms with Gasteiger partial charge in [0, 0.05) is 5.92 Å². The van der Waals surface area contributed by atoms with Gasteiger partial charge in [-0.25, -0.2) is 18.4 Å². The van der Waals surface area contributed by atoms with Crippen molar-refractivity contribution in [1.29, 1.82) is 0 Å². The van der Waals surface area contributed by atoms with Gasteiger partial charge in [0.05, 0.1) is 13.2 Å². The van der Waals surface area contributed by atoms with Crippen molar-refractivity contribution in [1.82, 2.24) is 0 Å². The number of ether oxygens (including phenoxy) is 2. The minimum Gasteiger partial charge on any atom is -0.462 e. The van der Waals surface area contributed by atoms with Gasteiger partial charge in [-0.05, 0) is 20.8 Å². The number of rotatable bonds is 6. The van der Waals surface area contributed by atoms with Crippen LogP contribution in [0.4, 0.5) is 8.78 Å². The highest BCUT2D eigenvalue weighted by Gasteiger charge is 2.31. The van der Waals surface area contributed by atoms with Crippen molar-refractivity contribution in [2.24, 2.45) is 5.92 Å². The molecule has 0 spiro atoms. The quantitative estimate of drug-likeness (QED) is 0.320. The van der Waals surface area contributed by atoms with Crippen molar-refractivity contribution in [2.75, 3.05) is 13.2 Å². The summed E-state index contributed by atoms with van der Waals surface area (Å²) >= 11 is 0. The molecule has 0 fully saturated rings. The normalized spacial score (nSPS) is 12.6. The molecule has 0 aliphatic carbocycles. The third kappa shape index (κ3) is 5.25. The van der Waals surface area contributed by atoms with Gasteiger partial charge in [-0.2, -0.15) is 0 Å². The van der Waals surface area contributed by atoms with Crippen molar-refractivity contribution >= 4 is 11.9 Å². The minimum atomic E-state index is -3.04. The summed E-state index contributed by atoms with van der Waals surface area (Å²) < 4.78 is 35.3. The van der Waals surface area contributed by atoms with E-state index in [4.69, 9.17) is 0 Å². The Morgan fingerprint density at radius 2 is 1.56 bits per heavy atom. The van der Waals surface area contributed by atoms with Gasteiger partial charge < -0.3 is 9.47 Å². The van der Waals surface area contributed by atoms with Gasteiger partial charge in [-0.3, -0.25) is 0 Å². The van der Waals surface area contributed by atoms with E-state index in [1.165, 1.54) is 6.92 Å². The molecule has 0 aromatic rings. The van der Waals surface area contributed by atoms with E-state index in [0.717, 1.165) is 6.08 Å². The lowest BCUT2D eigenvalue weighted by molar-refractivity contribution is -0.146. The highest BCUT2D eigenvalue weighted by Crippen LogP contribution is 2.25. The van der Waals surface area contributed by atoms with E-state index in [1.807, 2.05) is 0 Å². The van der Waals surface area contributed by atoms with Gasteiger partial charge in [0.25, 0.3) is 5.92 Å². The predicted octanol–water partition coefficient (Wildman–Crippen LogP) is 2.33. The van der Waals surface area contributed by atoms with Crippen LogP contribution in [0.3, 0.4) is 0 Å². The Balaban J connectivity index is 5.14. The summed E-state index contributed by atoms with van der Waals surface area (Å²) in [4.78, 5) is 23.0. The SMILES string of the molecule is CCOC(=O)C(=CC(C)C(C)(F)F)C(=O)OCC. The Morgan fingerprint density at radius 1 is 1.17 bits per heavy atom. The summed E-state index contributed by atoms with van der Waals surface area (Å²) in [5.41, 5.74) is -0.493. The van der Waals surface area contributed by atoms with Gasteiger partial charge in [-0.1, -0.05) is 13.0 Å². The lowest BCUT2D eigenvalue weighted by atomic mass is 10.0. The lowest BCUT2D eigenvalue weighted by Gasteiger charge is -2.16. The fourth-order valence-electron chi connectivity index (χ4n) is 1.03. The summed E-state index contributed by atoms with van der Waals surface area (Å²) in [6.45, 7) is 5.12. The second-order valence-electron chi connectivity index (χ2n) is 3.77. The molecule has 4 nitrogen and oxygen atoms in total. The van der Waals surface area contributed by atoms with Crippen molar-refractivity contribution in [3.05, 3.63) is 11.6 Å². The number of carbonyl (C=O) groups is 2. The van der Waals surface area contributed by atoms with Crippen molar-refractivity contribution in [3.63, 3.8) is 0 Å². The third-order valence-electron chi connectivity index (χ3n) is 2.21. The molecule has 0 rings (SSSR count). The fourth-order valence-corrected chi connectivity index (χ4v) is 1.03. The molecule has 0 aliphatic rings. The topological polar surface area (TPSA) is 52.6 Å². The maximum absolute atomic E-state index is 13.0. The zero-order valence-electron chi connectivity index (χ0n) is 11.0. The minimum absolute atomic E-state index is 0.0481. The lowest BCUT2D eigenvalue weighted by Crippen LogP contribution is -2.24. The Bertz CT molecular complexity index is 311. The Hall–Kier alpha value is -1.46. The molecule has 0 aromatic carbocycles. The molecule has 1 unspecified atom stereocenters. The number of alkyl halides is 2. The van der Waals surface area contributed by atoms with E-state index in [-0.39, 0.29) is 13.2 Å². The first kappa shape index (κ1) is 16.5. The van der Waals surface area contributed by atoms with Crippen LogP contribution in [0.5, 0.6) is 0 Å². The van der Waals surface area contributed by atoms with Gasteiger partial charge in [-0.15, -0.1) is 0 Å². The van der Waals surface area contributed by atoms with Crippen LogP contribution >= 0.6 is 0 Å². The standard InChI is InChI=1S/C12H18F2O4/c1-5-17-10(15)9(11(16)18-6-2)7-8(3)12(4,13)14/h7-8H,5-6H2,1-4H3. The van der Waals surface area contributed by atoms with Gasteiger partial charge >= 0.3 is 11.9 Å². The van der Waals surface area contributed by atoms with E-state index in [2.05, 4.69) is 9.47 Å². The Morgan fingerprint density at radius 3 is 1.83 bits per heavy atom. The molecule has 0 bridgehead atoms. The summed E-state index contributed by atoms with van der Waals surface area (Å²) in [5.74, 6) is -6.22. The van der Waals surface area contributed by atoms with Gasteiger partial charge in [0.1, 0.15) is 5.57 Å². The maximum atomic E-state index is 13.0. The largest absolute Gasteiger partial charge is 0.462 e. The van der Waals surface area contributed by atoms with Crippen LogP contribution in [0.2, 0.25) is 0 Å². The van der Waals surface area contributed by atoms with Crippen LogP contribution < -0.4 is 0 Å². The first-order valence-electron chi connectivity index (χ1n) is 5.67. The number of carbonyl (C=O) groups excluding carboxylic acids is 2. The molecule has 104 valence electrons. The van der Waals surface area contributed by atoms with E-state index in [1.54, 1.807) is 13.8 Å². The molecule has 0 heterocycles. The molecule has 0 N–H and O–H groups in total. The second kappa shape index (κ2) is 7.08. The van der Waals surface area contributed by atoms with E-state index in [0.29, 0.717) is 6.92 Å². The average Bonchev–Trinajstić information content (AvgIpc) is 2.24. The second-order valence-corrected chi connectivity index (χ2v) is 3.77. The summed E-state index contributed by atoms with van der Waals surface area (Å²) in [6.07, 6.45) is 0.885. The highest BCUT2D eigenvalue weighted by molar-refractivity contribution is 6.14. The smallest absolute Gasteiger partial charge is 0.345 e. The monoisotopic (exact) mass is 264 g/mol. The van der Waals surface area contributed by atoms with Crippen LogP contribution in [0.25, 0.3) is 0 Å². The van der Waals surface area contributed by atoms with Crippen LogP contribution in [-0.2, 0) is 19.1 Å². The number of hydrogen-bond donors (Lipinski definition) is 0. The summed E-state index contributed by atoms with van der Waals surface area (Å²) in [5, 5.41) is 0. The van der Waals surface area contributed by atoms with Gasteiger partial charge in [0.2, 0.25) is 0 Å².